The highest BCUT2D eigenvalue weighted by atomic mass is 79.9. The van der Waals surface area contributed by atoms with E-state index < -0.39 is 0 Å². The van der Waals surface area contributed by atoms with Gasteiger partial charge in [-0.1, -0.05) is 22.0 Å². The van der Waals surface area contributed by atoms with E-state index in [1.807, 2.05) is 25.1 Å². The van der Waals surface area contributed by atoms with Crippen molar-refractivity contribution in [1.82, 2.24) is 9.97 Å². The van der Waals surface area contributed by atoms with Gasteiger partial charge in [0.2, 0.25) is 5.91 Å². The van der Waals surface area contributed by atoms with E-state index in [1.165, 1.54) is 0 Å². The molecule has 2 N–H and O–H groups in total. The van der Waals surface area contributed by atoms with E-state index in [-0.39, 0.29) is 5.91 Å². The van der Waals surface area contributed by atoms with E-state index in [2.05, 4.69) is 31.2 Å². The standard InChI is InChI=1S/C12H12BrN3O/c1-8-2-3-9(4-11(8)13)16-12(17)5-10-6-14-7-15-10/h2-4,6-7H,5H2,1H3,(H,14,15)(H,16,17). The fourth-order valence-electron chi connectivity index (χ4n) is 1.43. The minimum Gasteiger partial charge on any atom is -0.348 e. The van der Waals surface area contributed by atoms with Crippen molar-refractivity contribution in [2.24, 2.45) is 0 Å². The molecule has 4 nitrogen and oxygen atoms in total. The highest BCUT2D eigenvalue weighted by Gasteiger charge is 2.05. The van der Waals surface area contributed by atoms with Crippen LogP contribution in [0.15, 0.2) is 35.2 Å². The van der Waals surface area contributed by atoms with Crippen LogP contribution in [-0.4, -0.2) is 15.9 Å². The Kier molecular flexibility index (Phi) is 3.58. The number of carbonyl (C=O) groups is 1. The molecular formula is C12H12BrN3O. The van der Waals surface area contributed by atoms with Crippen LogP contribution in [0.25, 0.3) is 0 Å². The Morgan fingerprint density at radius 1 is 1.53 bits per heavy atom. The number of nitrogens with zero attached hydrogens (tertiary/aromatic N) is 1. The zero-order chi connectivity index (χ0) is 12.3. The van der Waals surface area contributed by atoms with Crippen molar-refractivity contribution in [3.63, 3.8) is 0 Å². The van der Waals surface area contributed by atoms with Crippen molar-refractivity contribution in [3.05, 3.63) is 46.5 Å². The van der Waals surface area contributed by atoms with Crippen LogP contribution in [-0.2, 0) is 11.2 Å². The Morgan fingerprint density at radius 3 is 3.00 bits per heavy atom. The van der Waals surface area contributed by atoms with Gasteiger partial charge in [0.15, 0.2) is 0 Å². The van der Waals surface area contributed by atoms with Crippen molar-refractivity contribution < 1.29 is 4.79 Å². The second-order valence-corrected chi connectivity index (χ2v) is 4.62. The molecule has 0 bridgehead atoms. The first kappa shape index (κ1) is 11.9. The molecule has 0 aliphatic carbocycles. The van der Waals surface area contributed by atoms with Gasteiger partial charge in [0.25, 0.3) is 0 Å². The smallest absolute Gasteiger partial charge is 0.230 e. The lowest BCUT2D eigenvalue weighted by Gasteiger charge is -2.06. The Morgan fingerprint density at radius 2 is 2.35 bits per heavy atom. The Labute approximate surface area is 108 Å². The van der Waals surface area contributed by atoms with Gasteiger partial charge in [0, 0.05) is 22.1 Å². The minimum atomic E-state index is -0.0648. The Bertz CT molecular complexity index is 523. The summed E-state index contributed by atoms with van der Waals surface area (Å²) in [6.07, 6.45) is 3.50. The first-order chi connectivity index (χ1) is 8.15. The fraction of sp³-hybridized carbons (Fsp3) is 0.167. The average molecular weight is 294 g/mol. The number of benzene rings is 1. The number of aromatic amines is 1. The molecule has 1 amide bonds. The van der Waals surface area contributed by atoms with E-state index in [0.29, 0.717) is 6.42 Å². The summed E-state index contributed by atoms with van der Waals surface area (Å²) in [5, 5.41) is 2.83. The van der Waals surface area contributed by atoms with Crippen molar-refractivity contribution in [3.8, 4) is 0 Å². The van der Waals surface area contributed by atoms with E-state index in [4.69, 9.17) is 0 Å². The van der Waals surface area contributed by atoms with Crippen LogP contribution in [0.3, 0.4) is 0 Å². The highest BCUT2D eigenvalue weighted by Crippen LogP contribution is 2.20. The summed E-state index contributed by atoms with van der Waals surface area (Å²) in [5.74, 6) is -0.0648. The zero-order valence-corrected chi connectivity index (χ0v) is 10.9. The molecule has 1 aromatic carbocycles. The lowest BCUT2D eigenvalue weighted by atomic mass is 10.2. The van der Waals surface area contributed by atoms with Crippen molar-refractivity contribution in [2.75, 3.05) is 5.32 Å². The first-order valence-corrected chi connectivity index (χ1v) is 5.97. The molecular weight excluding hydrogens is 282 g/mol. The van der Waals surface area contributed by atoms with Crippen LogP contribution in [0, 0.1) is 6.92 Å². The average Bonchev–Trinajstić information content (AvgIpc) is 2.76. The number of H-pyrrole nitrogens is 1. The van der Waals surface area contributed by atoms with Crippen molar-refractivity contribution in [1.29, 1.82) is 0 Å². The number of nitrogens with one attached hydrogen (secondary N) is 2. The van der Waals surface area contributed by atoms with Gasteiger partial charge in [-0.2, -0.15) is 0 Å². The predicted octanol–water partition coefficient (Wildman–Crippen LogP) is 2.66. The van der Waals surface area contributed by atoms with Crippen LogP contribution in [0.4, 0.5) is 5.69 Å². The zero-order valence-electron chi connectivity index (χ0n) is 9.33. The summed E-state index contributed by atoms with van der Waals surface area (Å²) in [6.45, 7) is 2.00. The third kappa shape index (κ3) is 3.17. The quantitative estimate of drug-likeness (QED) is 0.914. The normalized spacial score (nSPS) is 10.2. The van der Waals surface area contributed by atoms with Gasteiger partial charge in [-0.3, -0.25) is 4.79 Å². The van der Waals surface area contributed by atoms with Gasteiger partial charge in [-0.25, -0.2) is 4.98 Å². The van der Waals surface area contributed by atoms with Crippen molar-refractivity contribution >= 4 is 27.5 Å². The third-order valence-electron chi connectivity index (χ3n) is 2.36. The number of amides is 1. The molecule has 0 fully saturated rings. The van der Waals surface area contributed by atoms with Gasteiger partial charge >= 0.3 is 0 Å². The lowest BCUT2D eigenvalue weighted by molar-refractivity contribution is -0.115. The van der Waals surface area contributed by atoms with Crippen molar-refractivity contribution in [2.45, 2.75) is 13.3 Å². The monoisotopic (exact) mass is 293 g/mol. The predicted molar refractivity (Wildman–Crippen MR) is 69.8 cm³/mol. The number of anilines is 1. The second kappa shape index (κ2) is 5.14. The topological polar surface area (TPSA) is 57.8 Å². The summed E-state index contributed by atoms with van der Waals surface area (Å²) in [5.41, 5.74) is 2.72. The molecule has 0 atom stereocenters. The molecule has 0 radical (unpaired) electrons. The van der Waals surface area contributed by atoms with Gasteiger partial charge in [0.1, 0.15) is 0 Å². The molecule has 0 aliphatic rings. The van der Waals surface area contributed by atoms with Gasteiger partial charge in [-0.05, 0) is 24.6 Å². The third-order valence-corrected chi connectivity index (χ3v) is 3.22. The molecule has 0 unspecified atom stereocenters. The Hall–Kier alpha value is -1.62. The molecule has 1 aromatic heterocycles. The largest absolute Gasteiger partial charge is 0.348 e. The fourth-order valence-corrected chi connectivity index (χ4v) is 1.81. The van der Waals surface area contributed by atoms with Crippen LogP contribution < -0.4 is 5.32 Å². The summed E-state index contributed by atoms with van der Waals surface area (Å²) in [6, 6.07) is 5.72. The molecule has 88 valence electrons. The maximum absolute atomic E-state index is 11.7. The summed E-state index contributed by atoms with van der Waals surface area (Å²) >= 11 is 3.43. The SMILES string of the molecule is Cc1ccc(NC(=O)Cc2cnc[nH]2)cc1Br. The summed E-state index contributed by atoms with van der Waals surface area (Å²) in [4.78, 5) is 18.5. The van der Waals surface area contributed by atoms with E-state index >= 15 is 0 Å². The summed E-state index contributed by atoms with van der Waals surface area (Å²) in [7, 11) is 0. The molecule has 0 saturated carbocycles. The molecule has 2 aromatic rings. The maximum Gasteiger partial charge on any atom is 0.230 e. The second-order valence-electron chi connectivity index (χ2n) is 3.77. The highest BCUT2D eigenvalue weighted by molar-refractivity contribution is 9.10. The summed E-state index contributed by atoms with van der Waals surface area (Å²) < 4.78 is 0.983. The molecule has 17 heavy (non-hydrogen) atoms. The number of aromatic nitrogens is 2. The number of hydrogen-bond donors (Lipinski definition) is 2. The van der Waals surface area contributed by atoms with E-state index in [9.17, 15) is 4.79 Å². The number of hydrogen-bond acceptors (Lipinski definition) is 2. The minimum absolute atomic E-state index is 0.0648. The van der Waals surface area contributed by atoms with Crippen LogP contribution in [0.1, 0.15) is 11.3 Å². The van der Waals surface area contributed by atoms with Gasteiger partial charge in [-0.15, -0.1) is 0 Å². The number of halogens is 1. The maximum atomic E-state index is 11.7. The molecule has 0 spiro atoms. The molecule has 2 rings (SSSR count). The lowest BCUT2D eigenvalue weighted by Crippen LogP contribution is -2.14. The van der Waals surface area contributed by atoms with Crippen LogP contribution in [0.2, 0.25) is 0 Å². The number of aryl methyl sites for hydroxylation is 1. The molecule has 5 heteroatoms. The molecule has 0 saturated heterocycles. The molecule has 1 heterocycles. The van der Waals surface area contributed by atoms with Crippen LogP contribution in [0.5, 0.6) is 0 Å². The number of rotatable bonds is 3. The van der Waals surface area contributed by atoms with E-state index in [0.717, 1.165) is 21.4 Å². The van der Waals surface area contributed by atoms with Gasteiger partial charge in [0.05, 0.1) is 12.7 Å². The first-order valence-electron chi connectivity index (χ1n) is 5.18. The number of imidazole rings is 1. The number of carbonyl (C=O) groups excluding carboxylic acids is 1. The molecule has 0 aliphatic heterocycles. The van der Waals surface area contributed by atoms with Gasteiger partial charge < -0.3 is 10.3 Å². The van der Waals surface area contributed by atoms with E-state index in [1.54, 1.807) is 12.5 Å². The Balaban J connectivity index is 2.00. The van der Waals surface area contributed by atoms with Crippen LogP contribution >= 0.6 is 15.9 Å².